The Kier molecular flexibility index (Phi) is 6.59. The van der Waals surface area contributed by atoms with Crippen molar-refractivity contribution >= 4 is 17.5 Å². The van der Waals surface area contributed by atoms with Crippen LogP contribution in [0.3, 0.4) is 0 Å². The van der Waals surface area contributed by atoms with E-state index in [4.69, 9.17) is 4.74 Å². The topological polar surface area (TPSA) is 61.9 Å². The van der Waals surface area contributed by atoms with Crippen molar-refractivity contribution in [1.82, 2.24) is 9.80 Å². The fourth-order valence-corrected chi connectivity index (χ4v) is 5.49. The molecule has 180 valence electrons. The van der Waals surface area contributed by atoms with Crippen molar-refractivity contribution in [3.63, 3.8) is 0 Å². The SMILES string of the molecule is Cc1cc2c(cc1C)CN(C(=O)C1CCCN(CCC(=O)Nc3ccc4c(c3)OCC4)C1)CC2. The molecule has 3 aliphatic rings. The maximum absolute atomic E-state index is 13.3. The minimum atomic E-state index is 0.00435. The van der Waals surface area contributed by atoms with Crippen LogP contribution in [0.5, 0.6) is 5.75 Å². The van der Waals surface area contributed by atoms with E-state index in [1.54, 1.807) is 0 Å². The molecule has 1 saturated heterocycles. The van der Waals surface area contributed by atoms with Crippen LogP contribution in [0.1, 0.15) is 47.1 Å². The first kappa shape index (κ1) is 22.9. The number of piperidine rings is 1. The van der Waals surface area contributed by atoms with E-state index >= 15 is 0 Å². The van der Waals surface area contributed by atoms with Gasteiger partial charge < -0.3 is 19.9 Å². The standard InChI is InChI=1S/C28H35N3O3/c1-19-14-22-7-12-31(18-24(22)15-20(19)2)28(33)23-4-3-10-30(17-23)11-8-27(32)29-25-6-5-21-9-13-34-26(21)16-25/h5-6,14-16,23H,3-4,7-13,17-18H2,1-2H3,(H,29,32). The number of fused-ring (bicyclic) bond motifs is 2. The molecule has 0 aromatic heterocycles. The molecule has 0 radical (unpaired) electrons. The molecule has 34 heavy (non-hydrogen) atoms. The lowest BCUT2D eigenvalue weighted by molar-refractivity contribution is -0.138. The zero-order valence-corrected chi connectivity index (χ0v) is 20.4. The van der Waals surface area contributed by atoms with Crippen molar-refractivity contribution in [1.29, 1.82) is 0 Å². The Morgan fingerprint density at radius 1 is 1.03 bits per heavy atom. The van der Waals surface area contributed by atoms with E-state index in [1.165, 1.54) is 27.8 Å². The van der Waals surface area contributed by atoms with Gasteiger partial charge in [-0.25, -0.2) is 0 Å². The number of anilines is 1. The highest BCUT2D eigenvalue weighted by Gasteiger charge is 2.31. The molecule has 1 N–H and O–H groups in total. The molecule has 6 nitrogen and oxygen atoms in total. The zero-order valence-electron chi connectivity index (χ0n) is 20.4. The highest BCUT2D eigenvalue weighted by molar-refractivity contribution is 5.91. The van der Waals surface area contributed by atoms with Crippen molar-refractivity contribution < 1.29 is 14.3 Å². The predicted molar refractivity (Wildman–Crippen MR) is 133 cm³/mol. The summed E-state index contributed by atoms with van der Waals surface area (Å²) in [6, 6.07) is 10.4. The monoisotopic (exact) mass is 461 g/mol. The van der Waals surface area contributed by atoms with Crippen molar-refractivity contribution in [2.45, 2.75) is 52.5 Å². The minimum absolute atomic E-state index is 0.00435. The number of aryl methyl sites for hydroxylation is 2. The van der Waals surface area contributed by atoms with Crippen molar-refractivity contribution in [2.75, 3.05) is 38.1 Å². The summed E-state index contributed by atoms with van der Waals surface area (Å²) in [6.07, 6.45) is 4.23. The highest BCUT2D eigenvalue weighted by Crippen LogP contribution is 2.29. The number of benzene rings is 2. The molecule has 2 amide bonds. The Hall–Kier alpha value is -2.86. The lowest BCUT2D eigenvalue weighted by atomic mass is 9.92. The quantitative estimate of drug-likeness (QED) is 0.735. The van der Waals surface area contributed by atoms with Gasteiger partial charge >= 0.3 is 0 Å². The maximum Gasteiger partial charge on any atom is 0.227 e. The molecular formula is C28H35N3O3. The van der Waals surface area contributed by atoms with Crippen LogP contribution in [0.25, 0.3) is 0 Å². The molecule has 3 heterocycles. The lowest BCUT2D eigenvalue weighted by Crippen LogP contribution is -2.46. The van der Waals surface area contributed by atoms with Crippen molar-refractivity contribution in [3.8, 4) is 5.75 Å². The second-order valence-electron chi connectivity index (χ2n) is 10.1. The summed E-state index contributed by atoms with van der Waals surface area (Å²) in [4.78, 5) is 30.2. The molecule has 0 saturated carbocycles. The third kappa shape index (κ3) is 4.97. The number of nitrogens with one attached hydrogen (secondary N) is 1. The normalized spacial score (nSPS) is 19.8. The number of ether oxygens (including phenoxy) is 1. The highest BCUT2D eigenvalue weighted by atomic mass is 16.5. The van der Waals surface area contributed by atoms with E-state index in [9.17, 15) is 9.59 Å². The molecule has 1 unspecified atom stereocenters. The summed E-state index contributed by atoms with van der Waals surface area (Å²) in [5.41, 5.74) is 7.29. The number of nitrogens with zero attached hydrogens (tertiary/aromatic N) is 2. The van der Waals surface area contributed by atoms with Crippen LogP contribution in [0.15, 0.2) is 30.3 Å². The Morgan fingerprint density at radius 3 is 2.71 bits per heavy atom. The molecule has 0 bridgehead atoms. The Labute approximate surface area is 202 Å². The van der Waals surface area contributed by atoms with Gasteiger partial charge in [-0.3, -0.25) is 9.59 Å². The third-order valence-electron chi connectivity index (χ3n) is 7.63. The summed E-state index contributed by atoms with van der Waals surface area (Å²) in [7, 11) is 0. The van der Waals surface area contributed by atoms with Crippen LogP contribution >= 0.6 is 0 Å². The van der Waals surface area contributed by atoms with Crippen LogP contribution in [0, 0.1) is 19.8 Å². The number of likely N-dealkylation sites (tertiary alicyclic amines) is 1. The zero-order chi connectivity index (χ0) is 23.7. The summed E-state index contributed by atoms with van der Waals surface area (Å²) in [5, 5.41) is 2.99. The van der Waals surface area contributed by atoms with Crippen molar-refractivity contribution in [3.05, 3.63) is 58.1 Å². The first-order chi connectivity index (χ1) is 16.5. The van der Waals surface area contributed by atoms with Gasteiger partial charge in [-0.15, -0.1) is 0 Å². The fraction of sp³-hybridized carbons (Fsp3) is 0.500. The molecule has 1 atom stereocenters. The molecule has 0 aliphatic carbocycles. The molecule has 2 aromatic rings. The van der Waals surface area contributed by atoms with E-state index in [0.717, 1.165) is 63.3 Å². The van der Waals surface area contributed by atoms with E-state index in [-0.39, 0.29) is 17.7 Å². The van der Waals surface area contributed by atoms with Gasteiger partial charge in [0.15, 0.2) is 0 Å². The van der Waals surface area contributed by atoms with Crippen LogP contribution < -0.4 is 10.1 Å². The molecule has 6 heteroatoms. The van der Waals surface area contributed by atoms with Crippen LogP contribution in [0.4, 0.5) is 5.69 Å². The molecule has 5 rings (SSSR count). The van der Waals surface area contributed by atoms with Gasteiger partial charge in [0, 0.05) is 50.8 Å². The summed E-state index contributed by atoms with van der Waals surface area (Å²) in [6.45, 7) is 8.91. The molecule has 2 aromatic carbocycles. The average molecular weight is 462 g/mol. The third-order valence-corrected chi connectivity index (χ3v) is 7.63. The minimum Gasteiger partial charge on any atom is -0.493 e. The number of carbonyl (C=O) groups is 2. The number of hydrogen-bond donors (Lipinski definition) is 1. The fourth-order valence-electron chi connectivity index (χ4n) is 5.49. The average Bonchev–Trinajstić information content (AvgIpc) is 3.31. The first-order valence-corrected chi connectivity index (χ1v) is 12.6. The van der Waals surface area contributed by atoms with Gasteiger partial charge in [-0.1, -0.05) is 18.2 Å². The smallest absolute Gasteiger partial charge is 0.227 e. The van der Waals surface area contributed by atoms with E-state index in [2.05, 4.69) is 36.2 Å². The largest absolute Gasteiger partial charge is 0.493 e. The second-order valence-corrected chi connectivity index (χ2v) is 10.1. The van der Waals surface area contributed by atoms with E-state index in [0.29, 0.717) is 19.6 Å². The lowest BCUT2D eigenvalue weighted by Gasteiger charge is -2.37. The summed E-state index contributed by atoms with van der Waals surface area (Å²) in [5.74, 6) is 1.18. The second kappa shape index (κ2) is 9.79. The Bertz CT molecular complexity index is 1100. The first-order valence-electron chi connectivity index (χ1n) is 12.6. The van der Waals surface area contributed by atoms with Gasteiger partial charge in [-0.2, -0.15) is 0 Å². The van der Waals surface area contributed by atoms with E-state index < -0.39 is 0 Å². The van der Waals surface area contributed by atoms with Crippen LogP contribution in [-0.4, -0.2) is 54.4 Å². The van der Waals surface area contributed by atoms with Gasteiger partial charge in [0.2, 0.25) is 11.8 Å². The molecule has 1 fully saturated rings. The Morgan fingerprint density at radius 2 is 1.85 bits per heavy atom. The Balaban J connectivity index is 1.12. The predicted octanol–water partition coefficient (Wildman–Crippen LogP) is 3.86. The number of carbonyl (C=O) groups excluding carboxylic acids is 2. The summed E-state index contributed by atoms with van der Waals surface area (Å²) >= 11 is 0. The van der Waals surface area contributed by atoms with Gasteiger partial charge in [0.05, 0.1) is 12.5 Å². The molecule has 0 spiro atoms. The van der Waals surface area contributed by atoms with Gasteiger partial charge in [0.1, 0.15) is 5.75 Å². The van der Waals surface area contributed by atoms with E-state index in [1.807, 2.05) is 23.1 Å². The molecule has 3 aliphatic heterocycles. The van der Waals surface area contributed by atoms with Gasteiger partial charge in [0.25, 0.3) is 0 Å². The maximum atomic E-state index is 13.3. The number of rotatable bonds is 5. The van der Waals surface area contributed by atoms with Gasteiger partial charge in [-0.05, 0) is 73.5 Å². The molecular weight excluding hydrogens is 426 g/mol. The summed E-state index contributed by atoms with van der Waals surface area (Å²) < 4.78 is 5.60. The van der Waals surface area contributed by atoms with Crippen LogP contribution in [-0.2, 0) is 29.0 Å². The number of amides is 2. The van der Waals surface area contributed by atoms with Crippen LogP contribution in [0.2, 0.25) is 0 Å². The van der Waals surface area contributed by atoms with Crippen molar-refractivity contribution in [2.24, 2.45) is 5.92 Å². The number of hydrogen-bond acceptors (Lipinski definition) is 4.